The molecule has 1 aromatic heterocycles. The molecule has 2 amide bonds. The van der Waals surface area contributed by atoms with E-state index >= 15 is 0 Å². The van der Waals surface area contributed by atoms with Crippen LogP contribution in [0.5, 0.6) is 5.75 Å². The molecule has 0 bridgehead atoms. The number of halogens is 1. The standard InChI is InChI=1S/C25H27FN4O4/c1-33-18-9-7-16(8-10-18)25(11-2-3-12-34-25)24(32)30-15-17(26)13-22(30)23(31)28-20-5-4-6-21-19(20)14-27-29-21/h4-10,14,17,22H,2-3,11-13,15H2,1H3,(H,27,29)(H,28,31)/t17-,22-,25?/m1/s1. The van der Waals surface area contributed by atoms with Crippen LogP contribution in [-0.4, -0.2) is 59.4 Å². The van der Waals surface area contributed by atoms with Gasteiger partial charge in [-0.05, 0) is 49.1 Å². The van der Waals surface area contributed by atoms with Crippen molar-refractivity contribution >= 4 is 28.4 Å². The summed E-state index contributed by atoms with van der Waals surface area (Å²) in [4.78, 5) is 28.6. The molecule has 2 aliphatic heterocycles. The Labute approximate surface area is 196 Å². The summed E-state index contributed by atoms with van der Waals surface area (Å²) in [6.45, 7) is 0.276. The molecule has 9 heteroatoms. The fourth-order valence-corrected chi connectivity index (χ4v) is 4.96. The molecule has 34 heavy (non-hydrogen) atoms. The zero-order chi connectivity index (χ0) is 23.7. The van der Waals surface area contributed by atoms with E-state index < -0.39 is 23.7 Å². The summed E-state index contributed by atoms with van der Waals surface area (Å²) >= 11 is 0. The molecule has 0 saturated carbocycles. The molecule has 2 N–H and O–H groups in total. The van der Waals surface area contributed by atoms with Crippen molar-refractivity contribution in [1.29, 1.82) is 0 Å². The number of amides is 2. The quantitative estimate of drug-likeness (QED) is 0.600. The lowest BCUT2D eigenvalue weighted by atomic mass is 9.84. The van der Waals surface area contributed by atoms with Gasteiger partial charge in [-0.2, -0.15) is 5.10 Å². The van der Waals surface area contributed by atoms with E-state index in [9.17, 15) is 14.0 Å². The summed E-state index contributed by atoms with van der Waals surface area (Å²) in [6.07, 6.45) is 2.38. The molecule has 1 unspecified atom stereocenters. The average molecular weight is 467 g/mol. The van der Waals surface area contributed by atoms with E-state index in [1.165, 1.54) is 4.90 Å². The minimum atomic E-state index is -1.29. The molecule has 8 nitrogen and oxygen atoms in total. The molecular formula is C25H27FN4O4. The molecule has 3 aromatic rings. The van der Waals surface area contributed by atoms with Gasteiger partial charge in [0, 0.05) is 18.4 Å². The SMILES string of the molecule is COc1ccc(C2(C(=O)N3C[C@H](F)C[C@@H]3C(=O)Nc3cccc4[nH]ncc34)CCCCO2)cc1. The Bertz CT molecular complexity index is 1190. The number of alkyl halides is 1. The average Bonchev–Trinajstić information content (AvgIpc) is 3.51. The summed E-state index contributed by atoms with van der Waals surface area (Å²) < 4.78 is 26.0. The predicted molar refractivity (Wildman–Crippen MR) is 124 cm³/mol. The summed E-state index contributed by atoms with van der Waals surface area (Å²) in [7, 11) is 1.58. The number of nitrogens with one attached hydrogen (secondary N) is 2. The minimum Gasteiger partial charge on any atom is -0.497 e. The lowest BCUT2D eigenvalue weighted by molar-refractivity contribution is -0.169. The number of ether oxygens (including phenoxy) is 2. The number of aromatic amines is 1. The number of benzene rings is 2. The topological polar surface area (TPSA) is 96.6 Å². The van der Waals surface area contributed by atoms with Crippen molar-refractivity contribution in [2.75, 3.05) is 25.6 Å². The Hall–Kier alpha value is -3.46. The fourth-order valence-electron chi connectivity index (χ4n) is 4.96. The first-order valence-electron chi connectivity index (χ1n) is 11.5. The molecule has 0 aliphatic carbocycles. The van der Waals surface area contributed by atoms with Crippen LogP contribution in [0.3, 0.4) is 0 Å². The van der Waals surface area contributed by atoms with Gasteiger partial charge in [-0.3, -0.25) is 14.7 Å². The van der Waals surface area contributed by atoms with Gasteiger partial charge in [-0.1, -0.05) is 18.2 Å². The fraction of sp³-hybridized carbons (Fsp3) is 0.400. The maximum absolute atomic E-state index is 14.6. The van der Waals surface area contributed by atoms with Crippen molar-refractivity contribution in [2.45, 2.75) is 43.5 Å². The van der Waals surface area contributed by atoms with Crippen molar-refractivity contribution in [2.24, 2.45) is 0 Å². The molecule has 2 aromatic carbocycles. The van der Waals surface area contributed by atoms with Crippen molar-refractivity contribution in [1.82, 2.24) is 15.1 Å². The van der Waals surface area contributed by atoms with Crippen molar-refractivity contribution < 1.29 is 23.5 Å². The van der Waals surface area contributed by atoms with Gasteiger partial charge < -0.3 is 19.7 Å². The van der Waals surface area contributed by atoms with E-state index in [1.54, 1.807) is 49.7 Å². The number of likely N-dealkylation sites (tertiary alicyclic amines) is 1. The molecule has 0 radical (unpaired) electrons. The van der Waals surface area contributed by atoms with Gasteiger partial charge >= 0.3 is 0 Å². The molecule has 3 atom stereocenters. The lowest BCUT2D eigenvalue weighted by Gasteiger charge is -2.40. The summed E-state index contributed by atoms with van der Waals surface area (Å²) in [6, 6.07) is 11.6. The summed E-state index contributed by atoms with van der Waals surface area (Å²) in [5.74, 6) is -0.139. The van der Waals surface area contributed by atoms with Crippen molar-refractivity contribution in [3.8, 4) is 5.75 Å². The van der Waals surface area contributed by atoms with Gasteiger partial charge in [0.1, 0.15) is 18.0 Å². The first kappa shape index (κ1) is 22.3. The van der Waals surface area contributed by atoms with Gasteiger partial charge in [0.15, 0.2) is 5.60 Å². The number of carbonyl (C=O) groups excluding carboxylic acids is 2. The molecular weight excluding hydrogens is 439 g/mol. The Morgan fingerprint density at radius 2 is 2.06 bits per heavy atom. The monoisotopic (exact) mass is 466 g/mol. The highest BCUT2D eigenvalue weighted by Crippen LogP contribution is 2.40. The van der Waals surface area contributed by atoms with Crippen LogP contribution in [0, 0.1) is 0 Å². The smallest absolute Gasteiger partial charge is 0.260 e. The third-order valence-electron chi connectivity index (χ3n) is 6.73. The minimum absolute atomic E-state index is 0.0579. The van der Waals surface area contributed by atoms with Crippen LogP contribution >= 0.6 is 0 Å². The van der Waals surface area contributed by atoms with E-state index in [0.717, 1.165) is 23.7 Å². The van der Waals surface area contributed by atoms with Crippen molar-refractivity contribution in [3.05, 3.63) is 54.2 Å². The van der Waals surface area contributed by atoms with Crippen molar-refractivity contribution in [3.63, 3.8) is 0 Å². The first-order valence-corrected chi connectivity index (χ1v) is 11.5. The number of hydrogen-bond acceptors (Lipinski definition) is 5. The maximum atomic E-state index is 14.6. The van der Waals surface area contributed by atoms with Crippen LogP contribution in [0.4, 0.5) is 10.1 Å². The number of nitrogens with zero attached hydrogens (tertiary/aromatic N) is 2. The van der Waals surface area contributed by atoms with E-state index in [-0.39, 0.29) is 18.9 Å². The number of H-pyrrole nitrogens is 1. The van der Waals surface area contributed by atoms with E-state index in [4.69, 9.17) is 9.47 Å². The van der Waals surface area contributed by atoms with Crippen LogP contribution in [0.25, 0.3) is 10.9 Å². The molecule has 2 fully saturated rings. The third-order valence-corrected chi connectivity index (χ3v) is 6.73. The number of methoxy groups -OCH3 is 1. The summed E-state index contributed by atoms with van der Waals surface area (Å²) in [5.41, 5.74) is 0.763. The predicted octanol–water partition coefficient (Wildman–Crippen LogP) is 3.55. The highest BCUT2D eigenvalue weighted by Gasteiger charge is 2.50. The number of hydrogen-bond donors (Lipinski definition) is 2. The largest absolute Gasteiger partial charge is 0.497 e. The van der Waals surface area contributed by atoms with Gasteiger partial charge in [0.25, 0.3) is 5.91 Å². The van der Waals surface area contributed by atoms with Gasteiger partial charge in [0.05, 0.1) is 31.1 Å². The van der Waals surface area contributed by atoms with Crippen LogP contribution in [0.1, 0.15) is 31.2 Å². The number of fused-ring (bicyclic) bond motifs is 1. The molecule has 5 rings (SSSR count). The second kappa shape index (κ2) is 9.06. The zero-order valence-corrected chi connectivity index (χ0v) is 18.9. The summed E-state index contributed by atoms with van der Waals surface area (Å²) in [5, 5.41) is 10.5. The van der Waals surface area contributed by atoms with Gasteiger partial charge in [-0.15, -0.1) is 0 Å². The van der Waals surface area contributed by atoms with E-state index in [1.807, 2.05) is 6.07 Å². The number of carbonyl (C=O) groups is 2. The van der Waals surface area contributed by atoms with Crippen LogP contribution < -0.4 is 10.1 Å². The van der Waals surface area contributed by atoms with Crippen LogP contribution in [-0.2, 0) is 19.9 Å². The van der Waals surface area contributed by atoms with E-state index in [0.29, 0.717) is 30.0 Å². The second-order valence-electron chi connectivity index (χ2n) is 8.79. The lowest BCUT2D eigenvalue weighted by Crippen LogP contribution is -2.54. The molecule has 178 valence electrons. The first-order chi connectivity index (χ1) is 16.5. The van der Waals surface area contributed by atoms with E-state index in [2.05, 4.69) is 15.5 Å². The molecule has 2 saturated heterocycles. The molecule has 2 aliphatic rings. The maximum Gasteiger partial charge on any atom is 0.260 e. The number of aromatic nitrogens is 2. The zero-order valence-electron chi connectivity index (χ0n) is 18.9. The molecule has 0 spiro atoms. The van der Waals surface area contributed by atoms with Crippen LogP contribution in [0.2, 0.25) is 0 Å². The second-order valence-corrected chi connectivity index (χ2v) is 8.79. The van der Waals surface area contributed by atoms with Crippen LogP contribution in [0.15, 0.2) is 48.7 Å². The Kier molecular flexibility index (Phi) is 5.95. The molecule has 3 heterocycles. The Morgan fingerprint density at radius 3 is 2.79 bits per heavy atom. The Morgan fingerprint density at radius 1 is 1.24 bits per heavy atom. The Balaban J connectivity index is 1.44. The highest BCUT2D eigenvalue weighted by molar-refractivity contribution is 6.04. The number of anilines is 1. The number of rotatable bonds is 5. The van der Waals surface area contributed by atoms with Gasteiger partial charge in [-0.25, -0.2) is 4.39 Å². The third kappa shape index (κ3) is 3.90. The van der Waals surface area contributed by atoms with Gasteiger partial charge in [0.2, 0.25) is 5.91 Å². The normalized spacial score (nSPS) is 24.8. The highest BCUT2D eigenvalue weighted by atomic mass is 19.1.